The van der Waals surface area contributed by atoms with Gasteiger partial charge < -0.3 is 15.2 Å². The molecule has 1 aromatic heterocycles. The Kier molecular flexibility index (Phi) is 5.73. The van der Waals surface area contributed by atoms with Gasteiger partial charge in [0.2, 0.25) is 10.0 Å². The first-order chi connectivity index (χ1) is 9.77. The molecule has 0 aliphatic heterocycles. The number of rotatable bonds is 8. The van der Waals surface area contributed by atoms with E-state index in [0.29, 0.717) is 6.42 Å². The third-order valence-corrected chi connectivity index (χ3v) is 4.12. The normalized spacial score (nSPS) is 12.8. The van der Waals surface area contributed by atoms with E-state index in [0.717, 1.165) is 24.8 Å². The summed E-state index contributed by atoms with van der Waals surface area (Å²) in [6.45, 7) is 1.85. The van der Waals surface area contributed by atoms with Crippen molar-refractivity contribution in [2.45, 2.75) is 37.1 Å². The van der Waals surface area contributed by atoms with Gasteiger partial charge in [0.25, 0.3) is 0 Å². The zero-order valence-electron chi connectivity index (χ0n) is 11.2. The summed E-state index contributed by atoms with van der Waals surface area (Å²) in [5, 5.41) is 19.4. The van der Waals surface area contributed by atoms with Crippen molar-refractivity contribution in [2.24, 2.45) is 0 Å². The van der Waals surface area contributed by atoms with Gasteiger partial charge in [0, 0.05) is 6.07 Å². The van der Waals surface area contributed by atoms with Gasteiger partial charge in [0.15, 0.2) is 6.20 Å². The lowest BCUT2D eigenvalue weighted by Crippen LogP contribution is -2.40. The Morgan fingerprint density at radius 1 is 1.52 bits per heavy atom. The predicted molar refractivity (Wildman–Crippen MR) is 72.2 cm³/mol. The van der Waals surface area contributed by atoms with Crippen LogP contribution in [0.25, 0.3) is 0 Å². The molecule has 1 aromatic rings. The predicted octanol–water partition coefficient (Wildman–Crippen LogP) is 0.911. The van der Waals surface area contributed by atoms with E-state index in [-0.39, 0.29) is 11.3 Å². The second-order valence-corrected chi connectivity index (χ2v) is 5.98. The van der Waals surface area contributed by atoms with E-state index in [1.54, 1.807) is 0 Å². The second kappa shape index (κ2) is 7.09. The van der Waals surface area contributed by atoms with Crippen LogP contribution in [0.5, 0.6) is 0 Å². The van der Waals surface area contributed by atoms with Crippen LogP contribution in [-0.2, 0) is 14.8 Å². The number of aromatic nitrogens is 1. The molecule has 1 atom stereocenters. The van der Waals surface area contributed by atoms with Gasteiger partial charge in [-0.3, -0.25) is 4.79 Å². The zero-order valence-corrected chi connectivity index (χ0v) is 12.0. The standard InChI is InChI=1S/C11H15N3O6S/c1-2-3-4-9(11(15)16)13-21(19,20)8-5-6-10(12-7-8)14(17)18/h5-7,9,13H,2-4H2,1H3,(H,15,16)/t9-/m0/s1. The molecule has 2 N–H and O–H groups in total. The first-order valence-electron chi connectivity index (χ1n) is 6.13. The van der Waals surface area contributed by atoms with Crippen LogP contribution in [0.3, 0.4) is 0 Å². The van der Waals surface area contributed by atoms with Crippen LogP contribution in [0.4, 0.5) is 5.82 Å². The van der Waals surface area contributed by atoms with Crippen LogP contribution >= 0.6 is 0 Å². The van der Waals surface area contributed by atoms with E-state index < -0.39 is 32.8 Å². The van der Waals surface area contributed by atoms with E-state index >= 15 is 0 Å². The van der Waals surface area contributed by atoms with Crippen molar-refractivity contribution in [1.82, 2.24) is 9.71 Å². The van der Waals surface area contributed by atoms with Crippen LogP contribution in [0.2, 0.25) is 0 Å². The Labute approximate surface area is 121 Å². The zero-order chi connectivity index (χ0) is 16.0. The molecule has 0 spiro atoms. The number of aliphatic carboxylic acids is 1. The molecule has 116 valence electrons. The Morgan fingerprint density at radius 2 is 2.19 bits per heavy atom. The van der Waals surface area contributed by atoms with Gasteiger partial charge in [0.1, 0.15) is 10.9 Å². The maximum absolute atomic E-state index is 12.0. The van der Waals surface area contributed by atoms with Crippen LogP contribution in [-0.4, -0.2) is 35.4 Å². The lowest BCUT2D eigenvalue weighted by molar-refractivity contribution is -0.389. The molecule has 1 rings (SSSR count). The summed E-state index contributed by atoms with van der Waals surface area (Å²) in [7, 11) is -4.09. The molecule has 21 heavy (non-hydrogen) atoms. The lowest BCUT2D eigenvalue weighted by atomic mass is 10.1. The molecule has 10 heteroatoms. The van der Waals surface area contributed by atoms with Crippen molar-refractivity contribution in [3.8, 4) is 0 Å². The monoisotopic (exact) mass is 317 g/mol. The maximum atomic E-state index is 12.0. The molecule has 0 fully saturated rings. The fourth-order valence-corrected chi connectivity index (χ4v) is 2.70. The van der Waals surface area contributed by atoms with Gasteiger partial charge in [-0.1, -0.05) is 19.8 Å². The molecule has 0 aliphatic rings. The molecule has 0 aromatic carbocycles. The Bertz CT molecular complexity index is 613. The number of unbranched alkanes of at least 4 members (excludes halogenated alkanes) is 1. The maximum Gasteiger partial charge on any atom is 0.363 e. The average molecular weight is 317 g/mol. The highest BCUT2D eigenvalue weighted by Crippen LogP contribution is 2.13. The van der Waals surface area contributed by atoms with Crippen molar-refractivity contribution in [2.75, 3.05) is 0 Å². The molecule has 0 saturated heterocycles. The first-order valence-corrected chi connectivity index (χ1v) is 7.62. The highest BCUT2D eigenvalue weighted by atomic mass is 32.2. The van der Waals surface area contributed by atoms with Crippen LogP contribution in [0.15, 0.2) is 23.2 Å². The van der Waals surface area contributed by atoms with Crippen molar-refractivity contribution in [1.29, 1.82) is 0 Å². The molecule has 9 nitrogen and oxygen atoms in total. The van der Waals surface area contributed by atoms with Gasteiger partial charge in [-0.2, -0.15) is 4.72 Å². The van der Waals surface area contributed by atoms with Gasteiger partial charge in [-0.05, 0) is 22.4 Å². The highest BCUT2D eigenvalue weighted by Gasteiger charge is 2.26. The smallest absolute Gasteiger partial charge is 0.363 e. The molecular weight excluding hydrogens is 302 g/mol. The molecular formula is C11H15N3O6S. The van der Waals surface area contributed by atoms with E-state index in [2.05, 4.69) is 9.71 Å². The van der Waals surface area contributed by atoms with Crippen molar-refractivity contribution in [3.63, 3.8) is 0 Å². The lowest BCUT2D eigenvalue weighted by Gasteiger charge is -2.13. The molecule has 0 aliphatic carbocycles. The number of carboxylic acid groups (broad SMARTS) is 1. The van der Waals surface area contributed by atoms with Gasteiger partial charge in [-0.15, -0.1) is 0 Å². The first kappa shape index (κ1) is 17.0. The third kappa shape index (κ3) is 4.76. The van der Waals surface area contributed by atoms with Gasteiger partial charge in [0.05, 0.1) is 0 Å². The minimum Gasteiger partial charge on any atom is -0.480 e. The van der Waals surface area contributed by atoms with Gasteiger partial charge >= 0.3 is 11.8 Å². The molecule has 0 saturated carbocycles. The number of carboxylic acids is 1. The number of carbonyl (C=O) groups is 1. The van der Waals surface area contributed by atoms with E-state index in [1.807, 2.05) is 6.92 Å². The van der Waals surface area contributed by atoms with Crippen molar-refractivity contribution < 1.29 is 23.2 Å². The van der Waals surface area contributed by atoms with Gasteiger partial charge in [-0.25, -0.2) is 8.42 Å². The second-order valence-electron chi connectivity index (χ2n) is 4.26. The summed E-state index contributed by atoms with van der Waals surface area (Å²) in [6.07, 6.45) is 2.26. The molecule has 0 bridgehead atoms. The summed E-state index contributed by atoms with van der Waals surface area (Å²) in [5.41, 5.74) is 0. The molecule has 1 heterocycles. The van der Waals surface area contributed by atoms with Crippen LogP contribution in [0.1, 0.15) is 26.2 Å². The quantitative estimate of drug-likeness (QED) is 0.536. The van der Waals surface area contributed by atoms with Crippen molar-refractivity contribution in [3.05, 3.63) is 28.4 Å². The Morgan fingerprint density at radius 3 is 2.62 bits per heavy atom. The van der Waals surface area contributed by atoms with Crippen LogP contribution in [0, 0.1) is 10.1 Å². The number of nitrogens with zero attached hydrogens (tertiary/aromatic N) is 2. The minimum atomic E-state index is -4.09. The summed E-state index contributed by atoms with van der Waals surface area (Å²) in [6, 6.07) is 0.702. The number of hydrogen-bond donors (Lipinski definition) is 2. The number of sulfonamides is 1. The van der Waals surface area contributed by atoms with Crippen LogP contribution < -0.4 is 4.72 Å². The topological polar surface area (TPSA) is 140 Å². The summed E-state index contributed by atoms with van der Waals surface area (Å²) in [5.74, 6) is -1.77. The summed E-state index contributed by atoms with van der Waals surface area (Å²) >= 11 is 0. The number of nitro groups is 1. The summed E-state index contributed by atoms with van der Waals surface area (Å²) in [4.78, 5) is 23.8. The minimum absolute atomic E-state index is 0.158. The SMILES string of the molecule is CCCC[C@H](NS(=O)(=O)c1ccc([N+](=O)[O-])nc1)C(=O)O. The fourth-order valence-electron chi connectivity index (χ4n) is 1.54. The average Bonchev–Trinajstić information content (AvgIpc) is 2.43. The number of nitrogens with one attached hydrogen (secondary N) is 1. The number of hydrogen-bond acceptors (Lipinski definition) is 6. The number of pyridine rings is 1. The fraction of sp³-hybridized carbons (Fsp3) is 0.455. The highest BCUT2D eigenvalue weighted by molar-refractivity contribution is 7.89. The molecule has 0 radical (unpaired) electrons. The molecule has 0 unspecified atom stereocenters. The van der Waals surface area contributed by atoms with Crippen molar-refractivity contribution >= 4 is 21.8 Å². The third-order valence-electron chi connectivity index (χ3n) is 2.66. The van der Waals surface area contributed by atoms with E-state index in [9.17, 15) is 23.3 Å². The largest absolute Gasteiger partial charge is 0.480 e. The summed E-state index contributed by atoms with van der Waals surface area (Å²) < 4.78 is 26.1. The van der Waals surface area contributed by atoms with E-state index in [1.165, 1.54) is 0 Å². The molecule has 0 amide bonds. The van der Waals surface area contributed by atoms with E-state index in [4.69, 9.17) is 5.11 Å². The Balaban J connectivity index is 2.93. The Hall–Kier alpha value is -2.07.